The van der Waals surface area contributed by atoms with Crippen molar-refractivity contribution in [1.82, 2.24) is 0 Å². The molecule has 22 heavy (non-hydrogen) atoms. The fraction of sp³-hybridized carbons (Fsp3) is 0.471. The van der Waals surface area contributed by atoms with Crippen molar-refractivity contribution in [1.29, 1.82) is 0 Å². The first-order valence-corrected chi connectivity index (χ1v) is 7.23. The van der Waals surface area contributed by atoms with Crippen molar-refractivity contribution < 1.29 is 23.7 Å². The van der Waals surface area contributed by atoms with E-state index in [9.17, 15) is 4.79 Å². The molecule has 1 aliphatic heterocycles. The molecule has 0 unspecified atom stereocenters. The van der Waals surface area contributed by atoms with Crippen molar-refractivity contribution in [3.05, 3.63) is 48.0 Å². The first-order valence-electron chi connectivity index (χ1n) is 7.23. The van der Waals surface area contributed by atoms with E-state index < -0.39 is 11.8 Å². The van der Waals surface area contributed by atoms with Gasteiger partial charge < -0.3 is 18.9 Å². The number of methoxy groups -OCH3 is 1. The highest BCUT2D eigenvalue weighted by atomic mass is 16.8. The molecule has 0 amide bonds. The van der Waals surface area contributed by atoms with Gasteiger partial charge in [0, 0.05) is 6.08 Å². The van der Waals surface area contributed by atoms with Crippen molar-refractivity contribution in [3.63, 3.8) is 0 Å². The molecule has 0 aliphatic carbocycles. The molecule has 1 aromatic carbocycles. The minimum Gasteiger partial charge on any atom is -0.466 e. The predicted molar refractivity (Wildman–Crippen MR) is 81.1 cm³/mol. The zero-order valence-corrected chi connectivity index (χ0v) is 13.2. The van der Waals surface area contributed by atoms with Crippen LogP contribution in [0.25, 0.3) is 0 Å². The molecular weight excluding hydrogens is 284 g/mol. The summed E-state index contributed by atoms with van der Waals surface area (Å²) in [5, 5.41) is 0. The molecule has 0 aromatic heterocycles. The van der Waals surface area contributed by atoms with Gasteiger partial charge in [-0.05, 0) is 25.5 Å². The van der Waals surface area contributed by atoms with Gasteiger partial charge in [0.25, 0.3) is 0 Å². The molecule has 2 rings (SSSR count). The molecule has 0 radical (unpaired) electrons. The molecule has 1 heterocycles. The second-order valence-electron chi connectivity index (χ2n) is 5.52. The van der Waals surface area contributed by atoms with Crippen LogP contribution in [-0.4, -0.2) is 37.7 Å². The van der Waals surface area contributed by atoms with Crippen LogP contribution in [0.3, 0.4) is 0 Å². The molecule has 120 valence electrons. The second kappa shape index (κ2) is 7.54. The Morgan fingerprint density at radius 2 is 2.00 bits per heavy atom. The summed E-state index contributed by atoms with van der Waals surface area (Å²) in [7, 11) is 1.34. The monoisotopic (exact) mass is 306 g/mol. The molecule has 1 fully saturated rings. The van der Waals surface area contributed by atoms with Crippen LogP contribution < -0.4 is 0 Å². The number of esters is 1. The Hall–Kier alpha value is -1.69. The maximum atomic E-state index is 11.2. The predicted octanol–water partition coefficient (Wildman–Crippen LogP) is 2.45. The Morgan fingerprint density at radius 3 is 2.68 bits per heavy atom. The van der Waals surface area contributed by atoms with Gasteiger partial charge >= 0.3 is 5.97 Å². The lowest BCUT2D eigenvalue weighted by molar-refractivity contribution is -0.149. The Labute approximate surface area is 130 Å². The number of hydrogen-bond acceptors (Lipinski definition) is 5. The van der Waals surface area contributed by atoms with E-state index in [0.29, 0.717) is 13.2 Å². The van der Waals surface area contributed by atoms with E-state index in [1.54, 1.807) is 6.08 Å². The van der Waals surface area contributed by atoms with E-state index in [4.69, 9.17) is 14.2 Å². The quantitative estimate of drug-likeness (QED) is 0.597. The van der Waals surface area contributed by atoms with Crippen molar-refractivity contribution in [2.24, 2.45) is 0 Å². The van der Waals surface area contributed by atoms with E-state index in [-0.39, 0.29) is 12.2 Å². The third-order valence-corrected chi connectivity index (χ3v) is 3.24. The van der Waals surface area contributed by atoms with Crippen LogP contribution in [0.2, 0.25) is 0 Å². The molecule has 0 N–H and O–H groups in total. The van der Waals surface area contributed by atoms with Gasteiger partial charge in [0.15, 0.2) is 5.79 Å². The van der Waals surface area contributed by atoms with Crippen molar-refractivity contribution in [2.45, 2.75) is 38.4 Å². The molecule has 2 atom stereocenters. The van der Waals surface area contributed by atoms with Gasteiger partial charge in [-0.3, -0.25) is 0 Å². The number of rotatable bonds is 6. The summed E-state index contributed by atoms with van der Waals surface area (Å²) in [5.74, 6) is -1.12. The maximum absolute atomic E-state index is 11.2. The standard InChI is InChI=1S/C17H22O5/c1-17(2)21-14(9-10-16(18)19-3)15(22-17)12-20-11-13-7-5-4-6-8-13/h4-10,14-15H,11-12H2,1-3H3/b10-9-/t14-,15-/m0/s1. The molecular formula is C17H22O5. The number of carbonyl (C=O) groups is 1. The number of ether oxygens (including phenoxy) is 4. The van der Waals surface area contributed by atoms with Gasteiger partial charge in [0.1, 0.15) is 12.2 Å². The molecule has 0 spiro atoms. The number of hydrogen-bond donors (Lipinski definition) is 0. The fourth-order valence-electron chi connectivity index (χ4n) is 2.26. The summed E-state index contributed by atoms with van der Waals surface area (Å²) in [4.78, 5) is 11.2. The molecule has 1 saturated heterocycles. The first-order chi connectivity index (χ1) is 10.5. The van der Waals surface area contributed by atoms with Gasteiger partial charge in [-0.1, -0.05) is 30.3 Å². The third kappa shape index (κ3) is 4.94. The Bertz CT molecular complexity index is 509. The number of carbonyl (C=O) groups excluding carboxylic acids is 1. The lowest BCUT2D eigenvalue weighted by Gasteiger charge is -2.16. The fourth-order valence-corrected chi connectivity index (χ4v) is 2.26. The van der Waals surface area contributed by atoms with E-state index in [2.05, 4.69) is 4.74 Å². The van der Waals surface area contributed by atoms with Gasteiger partial charge in [-0.2, -0.15) is 0 Å². The van der Waals surface area contributed by atoms with Gasteiger partial charge in [-0.15, -0.1) is 0 Å². The summed E-state index contributed by atoms with van der Waals surface area (Å²) >= 11 is 0. The minimum atomic E-state index is -0.702. The SMILES string of the molecule is COC(=O)/C=C\[C@@H]1OC(C)(C)O[C@H]1COCc1ccccc1. The van der Waals surface area contributed by atoms with Crippen LogP contribution in [0, 0.1) is 0 Å². The zero-order chi connectivity index (χ0) is 16.0. The molecule has 5 heteroatoms. The topological polar surface area (TPSA) is 54.0 Å². The molecule has 5 nitrogen and oxygen atoms in total. The summed E-state index contributed by atoms with van der Waals surface area (Å²) < 4.78 is 21.9. The van der Waals surface area contributed by atoms with E-state index in [1.165, 1.54) is 13.2 Å². The second-order valence-corrected chi connectivity index (χ2v) is 5.52. The van der Waals surface area contributed by atoms with E-state index >= 15 is 0 Å². The normalized spacial score (nSPS) is 23.8. The van der Waals surface area contributed by atoms with Crippen molar-refractivity contribution >= 4 is 5.97 Å². The Morgan fingerprint density at radius 1 is 1.27 bits per heavy atom. The summed E-state index contributed by atoms with van der Waals surface area (Å²) in [5.41, 5.74) is 1.10. The van der Waals surface area contributed by atoms with Crippen molar-refractivity contribution in [2.75, 3.05) is 13.7 Å². The average molecular weight is 306 g/mol. The summed E-state index contributed by atoms with van der Waals surface area (Å²) in [6.45, 7) is 4.56. The van der Waals surface area contributed by atoms with Crippen LogP contribution in [0.15, 0.2) is 42.5 Å². The van der Waals surface area contributed by atoms with Crippen LogP contribution >= 0.6 is 0 Å². The molecule has 0 saturated carbocycles. The maximum Gasteiger partial charge on any atom is 0.330 e. The smallest absolute Gasteiger partial charge is 0.330 e. The zero-order valence-electron chi connectivity index (χ0n) is 13.2. The van der Waals surface area contributed by atoms with E-state index in [0.717, 1.165) is 5.56 Å². The number of benzene rings is 1. The lowest BCUT2D eigenvalue weighted by atomic mass is 10.2. The molecule has 0 bridgehead atoms. The highest BCUT2D eigenvalue weighted by Crippen LogP contribution is 2.29. The summed E-state index contributed by atoms with van der Waals surface area (Å²) in [6.07, 6.45) is 2.39. The van der Waals surface area contributed by atoms with E-state index in [1.807, 2.05) is 44.2 Å². The van der Waals surface area contributed by atoms with Crippen LogP contribution in [-0.2, 0) is 30.3 Å². The van der Waals surface area contributed by atoms with Crippen molar-refractivity contribution in [3.8, 4) is 0 Å². The minimum absolute atomic E-state index is 0.264. The average Bonchev–Trinajstić information content (AvgIpc) is 2.80. The van der Waals surface area contributed by atoms with Crippen LogP contribution in [0.5, 0.6) is 0 Å². The van der Waals surface area contributed by atoms with Gasteiger partial charge in [0.05, 0.1) is 20.3 Å². The largest absolute Gasteiger partial charge is 0.466 e. The lowest BCUT2D eigenvalue weighted by Crippen LogP contribution is -2.26. The Kier molecular flexibility index (Phi) is 5.71. The molecule has 1 aliphatic rings. The molecule has 1 aromatic rings. The van der Waals surface area contributed by atoms with Crippen LogP contribution in [0.4, 0.5) is 0 Å². The highest BCUT2D eigenvalue weighted by molar-refractivity contribution is 5.81. The van der Waals surface area contributed by atoms with Crippen LogP contribution in [0.1, 0.15) is 19.4 Å². The van der Waals surface area contributed by atoms with Gasteiger partial charge in [-0.25, -0.2) is 4.79 Å². The Balaban J connectivity index is 1.89. The highest BCUT2D eigenvalue weighted by Gasteiger charge is 2.40. The van der Waals surface area contributed by atoms with Gasteiger partial charge in [0.2, 0.25) is 0 Å². The first kappa shape index (κ1) is 16.7. The summed E-state index contributed by atoms with van der Waals surface area (Å²) in [6, 6.07) is 9.92. The third-order valence-electron chi connectivity index (χ3n) is 3.24.